The van der Waals surface area contributed by atoms with Crippen molar-refractivity contribution in [2.75, 3.05) is 46.8 Å². The third-order valence-electron chi connectivity index (χ3n) is 4.33. The van der Waals surface area contributed by atoms with E-state index in [4.69, 9.17) is 0 Å². The fraction of sp³-hybridized carbons (Fsp3) is 0.474. The molecule has 130 valence electrons. The topological polar surface area (TPSA) is 43.9 Å². The lowest BCUT2D eigenvalue weighted by Crippen LogP contribution is -2.39. The van der Waals surface area contributed by atoms with E-state index in [2.05, 4.69) is 4.90 Å². The molecule has 0 aliphatic carbocycles. The Morgan fingerprint density at radius 1 is 1.08 bits per heavy atom. The highest BCUT2D eigenvalue weighted by molar-refractivity contribution is 5.94. The van der Waals surface area contributed by atoms with Gasteiger partial charge >= 0.3 is 0 Å². The molecule has 0 unspecified atom stereocenters. The SMILES string of the molecule is CC(=CC(=O)N1CCCN(CC(=O)N(C)C)CC1)c1ccccc1. The highest BCUT2D eigenvalue weighted by atomic mass is 16.2. The van der Waals surface area contributed by atoms with E-state index in [1.165, 1.54) is 0 Å². The van der Waals surface area contributed by atoms with Gasteiger partial charge in [-0.15, -0.1) is 0 Å². The summed E-state index contributed by atoms with van der Waals surface area (Å²) in [4.78, 5) is 30.0. The number of carbonyl (C=O) groups excluding carboxylic acids is 2. The number of rotatable bonds is 4. The molecule has 1 aliphatic rings. The van der Waals surface area contributed by atoms with Crippen molar-refractivity contribution in [1.82, 2.24) is 14.7 Å². The summed E-state index contributed by atoms with van der Waals surface area (Å²) in [5.74, 6) is 0.159. The summed E-state index contributed by atoms with van der Waals surface area (Å²) in [5.41, 5.74) is 2.04. The molecule has 0 spiro atoms. The van der Waals surface area contributed by atoms with Crippen LogP contribution in [0.25, 0.3) is 5.57 Å². The second-order valence-electron chi connectivity index (χ2n) is 6.44. The van der Waals surface area contributed by atoms with Gasteiger partial charge in [0.25, 0.3) is 0 Å². The van der Waals surface area contributed by atoms with Crippen molar-refractivity contribution >= 4 is 17.4 Å². The van der Waals surface area contributed by atoms with E-state index in [0.717, 1.165) is 37.2 Å². The average molecular weight is 329 g/mol. The summed E-state index contributed by atoms with van der Waals surface area (Å²) >= 11 is 0. The molecule has 0 aromatic heterocycles. The zero-order valence-corrected chi connectivity index (χ0v) is 14.9. The number of benzene rings is 1. The van der Waals surface area contributed by atoms with Crippen molar-refractivity contribution in [3.63, 3.8) is 0 Å². The molecule has 0 bridgehead atoms. The molecule has 0 N–H and O–H groups in total. The Hall–Kier alpha value is -2.14. The first-order chi connectivity index (χ1) is 11.5. The molecular weight excluding hydrogens is 302 g/mol. The van der Waals surface area contributed by atoms with E-state index >= 15 is 0 Å². The van der Waals surface area contributed by atoms with Crippen LogP contribution in [-0.2, 0) is 9.59 Å². The number of nitrogens with zero attached hydrogens (tertiary/aromatic N) is 3. The maximum atomic E-state index is 12.5. The number of amides is 2. The number of carbonyl (C=O) groups is 2. The van der Waals surface area contributed by atoms with Gasteiger partial charge in [-0.25, -0.2) is 0 Å². The molecule has 1 aliphatic heterocycles. The molecule has 5 heteroatoms. The van der Waals surface area contributed by atoms with Crippen molar-refractivity contribution in [3.05, 3.63) is 42.0 Å². The summed E-state index contributed by atoms with van der Waals surface area (Å²) in [6, 6.07) is 9.94. The lowest BCUT2D eigenvalue weighted by Gasteiger charge is -2.22. The first-order valence-corrected chi connectivity index (χ1v) is 8.42. The van der Waals surface area contributed by atoms with Gasteiger partial charge < -0.3 is 9.80 Å². The van der Waals surface area contributed by atoms with Crippen LogP contribution in [0.1, 0.15) is 18.9 Å². The Kier molecular flexibility index (Phi) is 6.55. The van der Waals surface area contributed by atoms with Crippen LogP contribution in [-0.4, -0.2) is 73.3 Å². The van der Waals surface area contributed by atoms with Crippen LogP contribution in [0, 0.1) is 0 Å². The molecule has 2 rings (SSSR count). The maximum Gasteiger partial charge on any atom is 0.246 e. The summed E-state index contributed by atoms with van der Waals surface area (Å²) in [5, 5.41) is 0. The highest BCUT2D eigenvalue weighted by Crippen LogP contribution is 2.14. The van der Waals surface area contributed by atoms with Gasteiger partial charge in [-0.2, -0.15) is 0 Å². The minimum atomic E-state index is 0.0529. The lowest BCUT2D eigenvalue weighted by molar-refractivity contribution is -0.129. The minimum absolute atomic E-state index is 0.0529. The second-order valence-corrected chi connectivity index (χ2v) is 6.44. The Balaban J connectivity index is 1.93. The van der Waals surface area contributed by atoms with Gasteiger partial charge in [0.1, 0.15) is 0 Å². The minimum Gasteiger partial charge on any atom is -0.348 e. The van der Waals surface area contributed by atoms with Gasteiger partial charge in [-0.3, -0.25) is 14.5 Å². The van der Waals surface area contributed by atoms with Crippen LogP contribution in [0.5, 0.6) is 0 Å². The van der Waals surface area contributed by atoms with E-state index in [9.17, 15) is 9.59 Å². The molecule has 5 nitrogen and oxygen atoms in total. The molecule has 1 aromatic carbocycles. The van der Waals surface area contributed by atoms with Crippen molar-refractivity contribution in [1.29, 1.82) is 0 Å². The molecule has 2 amide bonds. The summed E-state index contributed by atoms with van der Waals surface area (Å²) in [6.07, 6.45) is 2.61. The summed E-state index contributed by atoms with van der Waals surface area (Å²) in [6.45, 7) is 5.39. The van der Waals surface area contributed by atoms with Gasteiger partial charge in [0.05, 0.1) is 6.54 Å². The monoisotopic (exact) mass is 329 g/mol. The maximum absolute atomic E-state index is 12.5. The van der Waals surface area contributed by atoms with Crippen LogP contribution in [0.2, 0.25) is 0 Å². The normalized spacial score (nSPS) is 16.6. The van der Waals surface area contributed by atoms with Gasteiger partial charge in [-0.05, 0) is 24.5 Å². The Morgan fingerprint density at radius 3 is 2.46 bits per heavy atom. The Morgan fingerprint density at radius 2 is 1.79 bits per heavy atom. The van der Waals surface area contributed by atoms with E-state index in [1.807, 2.05) is 42.2 Å². The molecule has 24 heavy (non-hydrogen) atoms. The van der Waals surface area contributed by atoms with Crippen LogP contribution in [0.4, 0.5) is 0 Å². The Labute approximate surface area is 144 Å². The van der Waals surface area contributed by atoms with Gasteiger partial charge in [0.15, 0.2) is 0 Å². The molecule has 1 fully saturated rings. The predicted octanol–water partition coefficient (Wildman–Crippen LogP) is 1.71. The summed E-state index contributed by atoms with van der Waals surface area (Å²) < 4.78 is 0. The Bertz CT molecular complexity index is 596. The van der Waals surface area contributed by atoms with Crippen molar-refractivity contribution in [3.8, 4) is 0 Å². The number of hydrogen-bond donors (Lipinski definition) is 0. The van der Waals surface area contributed by atoms with Crippen LogP contribution in [0.15, 0.2) is 36.4 Å². The van der Waals surface area contributed by atoms with Crippen molar-refractivity contribution in [2.24, 2.45) is 0 Å². The zero-order valence-electron chi connectivity index (χ0n) is 14.9. The van der Waals surface area contributed by atoms with Gasteiger partial charge in [0, 0.05) is 46.4 Å². The highest BCUT2D eigenvalue weighted by Gasteiger charge is 2.20. The van der Waals surface area contributed by atoms with Gasteiger partial charge in [0.2, 0.25) is 11.8 Å². The number of likely N-dealkylation sites (N-methyl/N-ethyl adjacent to an activating group) is 1. The molecular formula is C19H27N3O2. The fourth-order valence-corrected chi connectivity index (χ4v) is 2.74. The summed E-state index contributed by atoms with van der Waals surface area (Å²) in [7, 11) is 3.54. The van der Waals surface area contributed by atoms with E-state index in [0.29, 0.717) is 13.1 Å². The van der Waals surface area contributed by atoms with Crippen LogP contribution in [0.3, 0.4) is 0 Å². The van der Waals surface area contributed by atoms with E-state index in [1.54, 1.807) is 25.1 Å². The zero-order chi connectivity index (χ0) is 17.5. The second kappa shape index (κ2) is 8.64. The molecule has 1 heterocycles. The molecule has 1 saturated heterocycles. The number of allylic oxidation sites excluding steroid dienone is 1. The van der Waals surface area contributed by atoms with Crippen molar-refractivity contribution < 1.29 is 9.59 Å². The standard InChI is InChI=1S/C19H27N3O2/c1-16(17-8-5-4-6-9-17)14-18(23)22-11-7-10-21(12-13-22)15-19(24)20(2)3/h4-6,8-9,14H,7,10-13,15H2,1-3H3. The van der Waals surface area contributed by atoms with Crippen LogP contribution < -0.4 is 0 Å². The average Bonchev–Trinajstić information content (AvgIpc) is 2.81. The third-order valence-corrected chi connectivity index (χ3v) is 4.33. The van der Waals surface area contributed by atoms with Crippen molar-refractivity contribution in [2.45, 2.75) is 13.3 Å². The molecule has 0 atom stereocenters. The lowest BCUT2D eigenvalue weighted by atomic mass is 10.1. The fourth-order valence-electron chi connectivity index (χ4n) is 2.74. The molecule has 1 aromatic rings. The quantitative estimate of drug-likeness (QED) is 0.790. The first kappa shape index (κ1) is 18.2. The molecule has 0 saturated carbocycles. The van der Waals surface area contributed by atoms with E-state index < -0.39 is 0 Å². The predicted molar refractivity (Wildman–Crippen MR) is 96.4 cm³/mol. The van der Waals surface area contributed by atoms with E-state index in [-0.39, 0.29) is 11.8 Å². The molecule has 0 radical (unpaired) electrons. The van der Waals surface area contributed by atoms with Gasteiger partial charge in [-0.1, -0.05) is 30.3 Å². The first-order valence-electron chi connectivity index (χ1n) is 8.42. The largest absolute Gasteiger partial charge is 0.348 e. The smallest absolute Gasteiger partial charge is 0.246 e. The third kappa shape index (κ3) is 5.20. The number of hydrogen-bond acceptors (Lipinski definition) is 3. The van der Waals surface area contributed by atoms with Crippen LogP contribution >= 0.6 is 0 Å².